The third-order valence-electron chi connectivity index (χ3n) is 3.31. The average Bonchev–Trinajstić information content (AvgIpc) is 3.23. The Morgan fingerprint density at radius 2 is 2.08 bits per heavy atom. The second-order valence-electron chi connectivity index (χ2n) is 5.05. The molecule has 25 heavy (non-hydrogen) atoms. The first-order valence-corrected chi connectivity index (χ1v) is 9.76. The van der Waals surface area contributed by atoms with E-state index < -0.39 is 0 Å². The fraction of sp³-hybridized carbons (Fsp3) is 0.250. The lowest BCUT2D eigenvalue weighted by molar-refractivity contribution is -0.116. The minimum absolute atomic E-state index is 0.0134. The van der Waals surface area contributed by atoms with Crippen LogP contribution in [0.3, 0.4) is 0 Å². The highest BCUT2D eigenvalue weighted by molar-refractivity contribution is 7.98. The van der Waals surface area contributed by atoms with E-state index in [9.17, 15) is 4.79 Å². The summed E-state index contributed by atoms with van der Waals surface area (Å²) in [4.78, 5) is 17.7. The number of aromatic nitrogens is 3. The van der Waals surface area contributed by atoms with Crippen molar-refractivity contribution in [1.29, 1.82) is 0 Å². The third-order valence-corrected chi connectivity index (χ3v) is 5.32. The Labute approximate surface area is 158 Å². The molecule has 2 heterocycles. The molecule has 130 valence electrons. The Morgan fingerprint density at radius 1 is 1.32 bits per heavy atom. The monoisotopic (exact) mass is 394 g/mol. The topological polar surface area (TPSA) is 72.1 Å². The molecule has 0 unspecified atom stereocenters. The van der Waals surface area contributed by atoms with E-state index in [1.807, 2.05) is 24.4 Å². The number of amides is 1. The molecule has 0 aliphatic rings. The summed E-state index contributed by atoms with van der Waals surface area (Å²) in [7, 11) is 0. The summed E-state index contributed by atoms with van der Waals surface area (Å²) in [5, 5.41) is 11.9. The summed E-state index contributed by atoms with van der Waals surface area (Å²) in [6, 6.07) is 7.22. The van der Waals surface area contributed by atoms with Crippen molar-refractivity contribution in [2.75, 3.05) is 11.4 Å². The number of hydrogen-bond acceptors (Lipinski definition) is 7. The van der Waals surface area contributed by atoms with Gasteiger partial charge in [-0.1, -0.05) is 23.4 Å². The standard InChI is InChI=1S/C16H15ClN4O2S2/c1-3-21(10(2)22)15-18-13(8-24-15)9-25-16-20-19-14(23-16)11-4-6-12(17)7-5-11/h4-8H,3,9H2,1-2H3. The Bertz CT molecular complexity index is 863. The third kappa shape index (κ3) is 4.39. The van der Waals surface area contributed by atoms with Crippen LogP contribution >= 0.6 is 34.7 Å². The van der Waals surface area contributed by atoms with Crippen LogP contribution < -0.4 is 4.90 Å². The first-order chi connectivity index (χ1) is 12.1. The molecule has 1 aromatic carbocycles. The van der Waals surface area contributed by atoms with Crippen molar-refractivity contribution in [3.63, 3.8) is 0 Å². The van der Waals surface area contributed by atoms with E-state index in [2.05, 4.69) is 15.2 Å². The minimum atomic E-state index is -0.0134. The number of rotatable bonds is 6. The lowest BCUT2D eigenvalue weighted by atomic mass is 10.2. The fourth-order valence-electron chi connectivity index (χ4n) is 2.09. The van der Waals surface area contributed by atoms with E-state index in [-0.39, 0.29) is 5.91 Å². The van der Waals surface area contributed by atoms with Gasteiger partial charge < -0.3 is 4.42 Å². The first kappa shape index (κ1) is 17.9. The Morgan fingerprint density at radius 3 is 2.76 bits per heavy atom. The number of benzene rings is 1. The number of halogens is 1. The molecule has 1 amide bonds. The minimum Gasteiger partial charge on any atom is -0.411 e. The quantitative estimate of drug-likeness (QED) is 0.572. The molecule has 0 aliphatic heterocycles. The second kappa shape index (κ2) is 7.99. The van der Waals surface area contributed by atoms with Gasteiger partial charge in [0, 0.05) is 35.2 Å². The van der Waals surface area contributed by atoms with E-state index in [0.29, 0.717) is 33.6 Å². The maximum atomic E-state index is 11.6. The summed E-state index contributed by atoms with van der Waals surface area (Å²) in [6.45, 7) is 4.06. The van der Waals surface area contributed by atoms with Crippen LogP contribution in [0.25, 0.3) is 11.5 Å². The van der Waals surface area contributed by atoms with Gasteiger partial charge in [0.1, 0.15) is 0 Å². The van der Waals surface area contributed by atoms with Crippen LogP contribution in [-0.4, -0.2) is 27.6 Å². The van der Waals surface area contributed by atoms with Gasteiger partial charge in [0.05, 0.1) is 5.69 Å². The average molecular weight is 395 g/mol. The number of nitrogens with zero attached hydrogens (tertiary/aromatic N) is 4. The Balaban J connectivity index is 1.64. The molecule has 0 saturated carbocycles. The van der Waals surface area contributed by atoms with E-state index in [0.717, 1.165) is 11.3 Å². The zero-order valence-electron chi connectivity index (χ0n) is 13.6. The van der Waals surface area contributed by atoms with Gasteiger partial charge >= 0.3 is 0 Å². The Kier molecular flexibility index (Phi) is 5.72. The van der Waals surface area contributed by atoms with Crippen LogP contribution in [0.5, 0.6) is 0 Å². The molecule has 0 spiro atoms. The van der Waals surface area contributed by atoms with Crippen LogP contribution in [0.15, 0.2) is 39.3 Å². The van der Waals surface area contributed by atoms with E-state index >= 15 is 0 Å². The molecule has 3 aromatic rings. The van der Waals surface area contributed by atoms with E-state index in [1.54, 1.807) is 17.0 Å². The van der Waals surface area contributed by atoms with Gasteiger partial charge in [-0.2, -0.15) is 0 Å². The van der Waals surface area contributed by atoms with E-state index in [4.69, 9.17) is 16.0 Å². The molecule has 2 aromatic heterocycles. The molecule has 0 N–H and O–H groups in total. The SMILES string of the molecule is CCN(C(C)=O)c1nc(CSc2nnc(-c3ccc(Cl)cc3)o2)cs1. The largest absolute Gasteiger partial charge is 0.411 e. The predicted octanol–water partition coefficient (Wildman–Crippen LogP) is 4.51. The van der Waals surface area contributed by atoms with Crippen LogP contribution in [0.2, 0.25) is 5.02 Å². The van der Waals surface area contributed by atoms with Gasteiger partial charge in [-0.3, -0.25) is 9.69 Å². The summed E-state index contributed by atoms with van der Waals surface area (Å²) in [6.07, 6.45) is 0. The van der Waals surface area contributed by atoms with Gasteiger partial charge in [-0.05, 0) is 31.2 Å². The number of hydrogen-bond donors (Lipinski definition) is 0. The number of anilines is 1. The molecule has 0 bridgehead atoms. The molecule has 0 fully saturated rings. The van der Waals surface area contributed by atoms with Gasteiger partial charge in [0.2, 0.25) is 11.8 Å². The molecular weight excluding hydrogens is 380 g/mol. The van der Waals surface area contributed by atoms with Crippen molar-refractivity contribution in [2.24, 2.45) is 0 Å². The first-order valence-electron chi connectivity index (χ1n) is 7.51. The fourth-order valence-corrected chi connectivity index (χ4v) is 3.91. The maximum Gasteiger partial charge on any atom is 0.277 e. The molecule has 0 aliphatic carbocycles. The number of thiazole rings is 1. The van der Waals surface area contributed by atoms with Crippen LogP contribution in [0.4, 0.5) is 5.13 Å². The smallest absolute Gasteiger partial charge is 0.277 e. The number of carbonyl (C=O) groups is 1. The van der Waals surface area contributed by atoms with Crippen LogP contribution in [-0.2, 0) is 10.5 Å². The van der Waals surface area contributed by atoms with Crippen molar-refractivity contribution in [1.82, 2.24) is 15.2 Å². The molecule has 9 heteroatoms. The highest BCUT2D eigenvalue weighted by Gasteiger charge is 2.14. The van der Waals surface area contributed by atoms with Crippen molar-refractivity contribution >= 4 is 45.7 Å². The van der Waals surface area contributed by atoms with Crippen LogP contribution in [0.1, 0.15) is 19.5 Å². The van der Waals surface area contributed by atoms with E-state index in [1.165, 1.54) is 30.0 Å². The maximum absolute atomic E-state index is 11.6. The highest BCUT2D eigenvalue weighted by atomic mass is 35.5. The van der Waals surface area contributed by atoms with Gasteiger partial charge in [-0.15, -0.1) is 21.5 Å². The summed E-state index contributed by atoms with van der Waals surface area (Å²) in [5.74, 6) is 1.03. The van der Waals surface area contributed by atoms with Crippen molar-refractivity contribution in [2.45, 2.75) is 24.8 Å². The summed E-state index contributed by atoms with van der Waals surface area (Å²) >= 11 is 8.73. The second-order valence-corrected chi connectivity index (χ2v) is 7.25. The Hall–Kier alpha value is -1.90. The highest BCUT2D eigenvalue weighted by Crippen LogP contribution is 2.28. The zero-order valence-corrected chi connectivity index (χ0v) is 16.0. The summed E-state index contributed by atoms with van der Waals surface area (Å²) in [5.41, 5.74) is 1.69. The molecule has 6 nitrogen and oxygen atoms in total. The van der Waals surface area contributed by atoms with Crippen LogP contribution in [0, 0.1) is 0 Å². The predicted molar refractivity (Wildman–Crippen MR) is 100 cm³/mol. The molecular formula is C16H15ClN4O2S2. The normalized spacial score (nSPS) is 10.8. The lowest BCUT2D eigenvalue weighted by Gasteiger charge is -2.14. The molecule has 0 saturated heterocycles. The molecule has 3 rings (SSSR count). The lowest BCUT2D eigenvalue weighted by Crippen LogP contribution is -2.27. The van der Waals surface area contributed by atoms with Crippen molar-refractivity contribution in [3.05, 3.63) is 40.4 Å². The zero-order chi connectivity index (χ0) is 17.8. The van der Waals surface area contributed by atoms with Gasteiger partial charge in [0.25, 0.3) is 5.22 Å². The molecule has 0 radical (unpaired) electrons. The van der Waals surface area contributed by atoms with Crippen molar-refractivity contribution in [3.8, 4) is 11.5 Å². The van der Waals surface area contributed by atoms with Gasteiger partial charge in [-0.25, -0.2) is 4.98 Å². The molecule has 0 atom stereocenters. The number of carbonyl (C=O) groups excluding carboxylic acids is 1. The number of thioether (sulfide) groups is 1. The van der Waals surface area contributed by atoms with Gasteiger partial charge in [0.15, 0.2) is 5.13 Å². The summed E-state index contributed by atoms with van der Waals surface area (Å²) < 4.78 is 5.65. The van der Waals surface area contributed by atoms with Crippen molar-refractivity contribution < 1.29 is 9.21 Å².